The molecule has 3 aromatic rings. The van der Waals surface area contributed by atoms with Crippen LogP contribution in [0.5, 0.6) is 0 Å². The van der Waals surface area contributed by atoms with E-state index < -0.39 is 0 Å². The van der Waals surface area contributed by atoms with Crippen LogP contribution in [0.25, 0.3) is 10.8 Å². The van der Waals surface area contributed by atoms with Gasteiger partial charge in [-0.3, -0.25) is 0 Å². The third-order valence-corrected chi connectivity index (χ3v) is 8.42. The van der Waals surface area contributed by atoms with Gasteiger partial charge in [-0.1, -0.05) is 85.8 Å². The minimum Gasteiger partial charge on any atom is -0.196 e. The average molecular weight is 581 g/mol. The molecule has 0 heterocycles. The monoisotopic (exact) mass is 582 g/mol. The molecule has 1 aliphatic carbocycles. The van der Waals surface area contributed by atoms with Crippen molar-refractivity contribution in [2.45, 2.75) is 100 Å². The van der Waals surface area contributed by atoms with Crippen LogP contribution in [0.3, 0.4) is 0 Å². The summed E-state index contributed by atoms with van der Waals surface area (Å²) in [5, 5.41) is 3.00. The Morgan fingerprint density at radius 2 is 1.42 bits per heavy atom. The van der Waals surface area contributed by atoms with E-state index in [0.29, 0.717) is 5.41 Å². The van der Waals surface area contributed by atoms with E-state index in [0.717, 1.165) is 0 Å². The molecule has 0 aliphatic heterocycles. The van der Waals surface area contributed by atoms with Crippen molar-refractivity contribution < 1.29 is 25.8 Å². The standard InChI is InChI=1S/C20H27.C10H15.Hf/c1-4-7-8-15-9-10-16-11-17-13-20(5-2,6-3)14-18(17)12-19(15)16;1-6-7(2)9(4)10(5)8(6)3;/h9-12H,4-8,13-14H2,1-3H3;1-5H3;/q2*-1;. The van der Waals surface area contributed by atoms with E-state index in [-0.39, 0.29) is 25.8 Å². The van der Waals surface area contributed by atoms with E-state index in [1.165, 1.54) is 83.5 Å². The number of fused-ring (bicyclic) bond motifs is 2. The van der Waals surface area contributed by atoms with Crippen LogP contribution in [0.15, 0.2) is 24.3 Å². The molecule has 0 radical (unpaired) electrons. The average Bonchev–Trinajstić information content (AvgIpc) is 3.38. The number of benzene rings is 1. The molecule has 0 N–H and O–H groups in total. The van der Waals surface area contributed by atoms with Gasteiger partial charge in [-0.25, -0.2) is 0 Å². The van der Waals surface area contributed by atoms with E-state index in [1.54, 1.807) is 16.7 Å². The van der Waals surface area contributed by atoms with E-state index in [4.69, 9.17) is 0 Å². The van der Waals surface area contributed by atoms with Gasteiger partial charge in [-0.15, -0.1) is 34.5 Å². The quantitative estimate of drug-likeness (QED) is 0.209. The first-order valence-electron chi connectivity index (χ1n) is 12.2. The first-order chi connectivity index (χ1) is 14.3. The molecular formula is C30H42Hf-2. The van der Waals surface area contributed by atoms with Crippen molar-refractivity contribution in [3.8, 4) is 0 Å². The van der Waals surface area contributed by atoms with Crippen LogP contribution in [0.1, 0.15) is 91.0 Å². The maximum absolute atomic E-state index is 2.52. The molecular weight excluding hydrogens is 539 g/mol. The second-order valence-corrected chi connectivity index (χ2v) is 9.86. The smallest absolute Gasteiger partial charge is 0 e. The fourth-order valence-corrected chi connectivity index (χ4v) is 5.35. The van der Waals surface area contributed by atoms with Gasteiger partial charge in [0.2, 0.25) is 0 Å². The zero-order chi connectivity index (χ0) is 22.1. The van der Waals surface area contributed by atoms with E-state index in [9.17, 15) is 0 Å². The van der Waals surface area contributed by atoms with Crippen molar-refractivity contribution in [1.82, 2.24) is 0 Å². The molecule has 3 aromatic carbocycles. The first-order valence-corrected chi connectivity index (χ1v) is 12.2. The fraction of sp³-hybridized carbons (Fsp3) is 0.533. The second kappa shape index (κ2) is 10.8. The summed E-state index contributed by atoms with van der Waals surface area (Å²) < 4.78 is 0. The largest absolute Gasteiger partial charge is 0.196 e. The van der Waals surface area contributed by atoms with Crippen molar-refractivity contribution in [1.29, 1.82) is 0 Å². The Morgan fingerprint density at radius 3 is 1.87 bits per heavy atom. The van der Waals surface area contributed by atoms with Crippen LogP contribution in [-0.2, 0) is 45.1 Å². The Hall–Kier alpha value is -0.950. The Bertz CT molecular complexity index is 927. The minimum absolute atomic E-state index is 0. The van der Waals surface area contributed by atoms with Gasteiger partial charge in [-0.2, -0.15) is 33.9 Å². The molecule has 1 heteroatoms. The van der Waals surface area contributed by atoms with Gasteiger partial charge in [0.05, 0.1) is 0 Å². The van der Waals surface area contributed by atoms with Crippen molar-refractivity contribution in [2.24, 2.45) is 5.41 Å². The molecule has 0 saturated carbocycles. The van der Waals surface area contributed by atoms with Crippen LogP contribution in [0, 0.1) is 40.0 Å². The zero-order valence-corrected chi connectivity index (χ0v) is 24.9. The molecule has 0 atom stereocenters. The molecule has 168 valence electrons. The van der Waals surface area contributed by atoms with Crippen molar-refractivity contribution in [2.75, 3.05) is 0 Å². The third kappa shape index (κ3) is 5.18. The Balaban J connectivity index is 0.000000264. The minimum atomic E-state index is 0. The van der Waals surface area contributed by atoms with Gasteiger partial charge in [0, 0.05) is 25.8 Å². The molecule has 0 aromatic heterocycles. The summed E-state index contributed by atoms with van der Waals surface area (Å²) in [6.45, 7) is 18.0. The summed E-state index contributed by atoms with van der Waals surface area (Å²) in [5.74, 6) is 0. The van der Waals surface area contributed by atoms with Gasteiger partial charge in [-0.05, 0) is 31.1 Å². The summed E-state index contributed by atoms with van der Waals surface area (Å²) in [6.07, 6.45) is 9.04. The molecule has 31 heavy (non-hydrogen) atoms. The van der Waals surface area contributed by atoms with Crippen LogP contribution in [0.2, 0.25) is 0 Å². The molecule has 0 bridgehead atoms. The summed E-state index contributed by atoms with van der Waals surface area (Å²) in [6, 6.07) is 9.68. The van der Waals surface area contributed by atoms with E-state index in [2.05, 4.69) is 79.7 Å². The first kappa shape index (κ1) is 26.3. The third-order valence-electron chi connectivity index (χ3n) is 8.42. The summed E-state index contributed by atoms with van der Waals surface area (Å²) >= 11 is 0. The molecule has 1 aliphatic rings. The van der Waals surface area contributed by atoms with Crippen LogP contribution in [0.4, 0.5) is 0 Å². The van der Waals surface area contributed by atoms with Crippen LogP contribution >= 0.6 is 0 Å². The van der Waals surface area contributed by atoms with Gasteiger partial charge in [0.15, 0.2) is 0 Å². The Morgan fingerprint density at radius 1 is 0.871 bits per heavy atom. The predicted octanol–water partition coefficient (Wildman–Crippen LogP) is 8.75. The molecule has 0 saturated heterocycles. The topological polar surface area (TPSA) is 0 Å². The van der Waals surface area contributed by atoms with Gasteiger partial charge in [0.25, 0.3) is 0 Å². The van der Waals surface area contributed by atoms with Gasteiger partial charge >= 0.3 is 0 Å². The number of hydrogen-bond donors (Lipinski definition) is 0. The molecule has 0 nitrogen and oxygen atoms in total. The summed E-state index contributed by atoms with van der Waals surface area (Å²) in [7, 11) is 0. The van der Waals surface area contributed by atoms with Crippen LogP contribution in [-0.4, -0.2) is 0 Å². The second-order valence-electron chi connectivity index (χ2n) is 9.86. The number of aryl methyl sites for hydroxylation is 1. The fourth-order valence-electron chi connectivity index (χ4n) is 5.35. The predicted molar refractivity (Wildman–Crippen MR) is 134 cm³/mol. The maximum atomic E-state index is 2.52. The SMILES string of the molecule is CCCC[c-]1ccc2cc3c(cc21)CC(CC)(CC)C3.Cc1c(C)c(C)[c-](C)c1C.[Hf]. The van der Waals surface area contributed by atoms with Crippen molar-refractivity contribution in [3.63, 3.8) is 0 Å². The normalized spacial score (nSPS) is 14.2. The molecule has 0 spiro atoms. The molecule has 4 rings (SSSR count). The Labute approximate surface area is 210 Å². The molecule has 0 amide bonds. The van der Waals surface area contributed by atoms with Gasteiger partial charge in [0.1, 0.15) is 0 Å². The van der Waals surface area contributed by atoms with Crippen molar-refractivity contribution >= 4 is 10.8 Å². The summed E-state index contributed by atoms with van der Waals surface area (Å²) in [4.78, 5) is 0. The maximum Gasteiger partial charge on any atom is 0 e. The number of rotatable bonds is 5. The summed E-state index contributed by atoms with van der Waals surface area (Å²) in [5.41, 5.74) is 12.7. The van der Waals surface area contributed by atoms with Crippen LogP contribution < -0.4 is 0 Å². The molecule has 0 unspecified atom stereocenters. The molecule has 0 fully saturated rings. The number of unbranched alkanes of at least 4 members (excludes halogenated alkanes) is 1. The Kier molecular flexibility index (Phi) is 9.15. The van der Waals surface area contributed by atoms with Crippen molar-refractivity contribution in [3.05, 3.63) is 68.8 Å². The van der Waals surface area contributed by atoms with Gasteiger partial charge < -0.3 is 0 Å². The number of hydrogen-bond acceptors (Lipinski definition) is 0. The van der Waals surface area contributed by atoms with E-state index >= 15 is 0 Å². The van der Waals surface area contributed by atoms with E-state index in [1.807, 2.05) is 0 Å². The zero-order valence-electron chi connectivity index (χ0n) is 21.3.